The smallest absolute Gasteiger partial charge is 0.194 e. The highest BCUT2D eigenvalue weighted by molar-refractivity contribution is 7.09. The summed E-state index contributed by atoms with van der Waals surface area (Å²) in [4.78, 5) is 14.6. The minimum absolute atomic E-state index is 0.775. The first-order valence-electron chi connectivity index (χ1n) is 8.02. The summed E-state index contributed by atoms with van der Waals surface area (Å²) in [6.07, 6.45) is 0. The number of aromatic nitrogens is 1. The van der Waals surface area contributed by atoms with Gasteiger partial charge in [-0.3, -0.25) is 4.99 Å². The lowest BCUT2D eigenvalue weighted by molar-refractivity contribution is 0.372. The van der Waals surface area contributed by atoms with Crippen molar-refractivity contribution >= 4 is 34.6 Å². The number of hydrogen-bond acceptors (Lipinski definition) is 4. The summed E-state index contributed by atoms with van der Waals surface area (Å²) in [5, 5.41) is 4.24. The fourth-order valence-electron chi connectivity index (χ4n) is 2.84. The number of thiazole rings is 1. The van der Waals surface area contributed by atoms with E-state index in [2.05, 4.69) is 31.2 Å². The first-order chi connectivity index (χ1) is 11.7. The molecule has 3 rings (SSSR count). The maximum atomic E-state index is 6.10. The Kier molecular flexibility index (Phi) is 5.58. The lowest BCUT2D eigenvalue weighted by Crippen LogP contribution is -2.52. The molecule has 7 heteroatoms. The number of nitrogens with one attached hydrogen (secondary N) is 1. The third-order valence-corrected chi connectivity index (χ3v) is 5.39. The molecule has 128 valence electrons. The van der Waals surface area contributed by atoms with Gasteiger partial charge >= 0.3 is 0 Å². The molecule has 2 heterocycles. The van der Waals surface area contributed by atoms with Gasteiger partial charge in [-0.25, -0.2) is 4.98 Å². The average molecular weight is 364 g/mol. The van der Waals surface area contributed by atoms with E-state index >= 15 is 0 Å². The molecule has 0 aliphatic carbocycles. The Morgan fingerprint density at radius 3 is 2.75 bits per heavy atom. The molecule has 0 unspecified atom stereocenters. The molecule has 1 fully saturated rings. The molecule has 0 bridgehead atoms. The van der Waals surface area contributed by atoms with Crippen molar-refractivity contribution in [1.82, 2.24) is 15.2 Å². The molecule has 0 atom stereocenters. The number of halogens is 1. The summed E-state index contributed by atoms with van der Waals surface area (Å²) in [6, 6.07) is 8.05. The Bertz CT molecular complexity index is 707. The number of guanidine groups is 1. The molecule has 5 nitrogen and oxygen atoms in total. The van der Waals surface area contributed by atoms with Crippen LogP contribution >= 0.6 is 22.9 Å². The summed E-state index contributed by atoms with van der Waals surface area (Å²) < 4.78 is 0. The first-order valence-corrected chi connectivity index (χ1v) is 9.28. The van der Waals surface area contributed by atoms with Gasteiger partial charge < -0.3 is 15.1 Å². The molecule has 0 spiro atoms. The van der Waals surface area contributed by atoms with Crippen LogP contribution in [0.4, 0.5) is 5.69 Å². The van der Waals surface area contributed by atoms with Gasteiger partial charge in [-0.05, 0) is 25.1 Å². The number of rotatable bonds is 3. The summed E-state index contributed by atoms with van der Waals surface area (Å²) in [7, 11) is 1.84. The zero-order chi connectivity index (χ0) is 16.9. The molecule has 1 aromatic heterocycles. The van der Waals surface area contributed by atoms with Gasteiger partial charge in [0.05, 0.1) is 17.7 Å². The minimum atomic E-state index is 0.775. The second kappa shape index (κ2) is 7.85. The molecule has 0 radical (unpaired) electrons. The number of aliphatic imine (C=N–C) groups is 1. The van der Waals surface area contributed by atoms with Gasteiger partial charge in [-0.15, -0.1) is 11.3 Å². The number of hydrogen-bond donors (Lipinski definition) is 1. The van der Waals surface area contributed by atoms with E-state index in [0.29, 0.717) is 0 Å². The third kappa shape index (κ3) is 3.99. The van der Waals surface area contributed by atoms with Crippen molar-refractivity contribution in [2.24, 2.45) is 4.99 Å². The van der Waals surface area contributed by atoms with Crippen LogP contribution < -0.4 is 10.2 Å². The van der Waals surface area contributed by atoms with Crippen LogP contribution in [0.5, 0.6) is 0 Å². The normalized spacial score (nSPS) is 15.7. The number of anilines is 1. The molecule has 0 amide bonds. The van der Waals surface area contributed by atoms with Gasteiger partial charge in [-0.1, -0.05) is 17.7 Å². The molecular formula is C17H22ClN5S. The fraction of sp³-hybridized carbons (Fsp3) is 0.412. The lowest BCUT2D eigenvalue weighted by atomic mass is 10.2. The Morgan fingerprint density at radius 2 is 2.12 bits per heavy atom. The number of benzene rings is 1. The van der Waals surface area contributed by atoms with Crippen LogP contribution in [-0.4, -0.2) is 49.1 Å². The predicted molar refractivity (Wildman–Crippen MR) is 102 cm³/mol. The van der Waals surface area contributed by atoms with Crippen LogP contribution in [-0.2, 0) is 6.54 Å². The molecule has 2 aromatic rings. The monoisotopic (exact) mass is 363 g/mol. The standard InChI is InChI=1S/C17H22ClN5S/c1-13-16(24-12-21-13)11-20-17(19-2)23-8-6-22(7-9-23)15-5-3-4-14(18)10-15/h3-5,10,12H,6-9,11H2,1-2H3,(H,19,20). The van der Waals surface area contributed by atoms with Gasteiger partial charge in [0.1, 0.15) is 0 Å². The molecule has 24 heavy (non-hydrogen) atoms. The Morgan fingerprint density at radius 1 is 1.33 bits per heavy atom. The van der Waals surface area contributed by atoms with Gasteiger partial charge in [-0.2, -0.15) is 0 Å². The van der Waals surface area contributed by atoms with E-state index in [1.165, 1.54) is 10.6 Å². The Labute approximate surface area is 152 Å². The topological polar surface area (TPSA) is 43.8 Å². The van der Waals surface area contributed by atoms with Crippen molar-refractivity contribution in [1.29, 1.82) is 0 Å². The van der Waals surface area contributed by atoms with Crippen molar-refractivity contribution < 1.29 is 0 Å². The largest absolute Gasteiger partial charge is 0.368 e. The van der Waals surface area contributed by atoms with Crippen LogP contribution in [0.25, 0.3) is 0 Å². The lowest BCUT2D eigenvalue weighted by Gasteiger charge is -2.37. The maximum Gasteiger partial charge on any atom is 0.194 e. The van der Waals surface area contributed by atoms with Crippen molar-refractivity contribution in [3.63, 3.8) is 0 Å². The van der Waals surface area contributed by atoms with E-state index in [1.54, 1.807) is 11.3 Å². The zero-order valence-electron chi connectivity index (χ0n) is 14.0. The van der Waals surface area contributed by atoms with Crippen LogP contribution in [0, 0.1) is 6.92 Å². The van der Waals surface area contributed by atoms with Crippen molar-refractivity contribution in [3.8, 4) is 0 Å². The second-order valence-corrected chi connectivity index (χ2v) is 7.09. The van der Waals surface area contributed by atoms with Crippen molar-refractivity contribution in [2.45, 2.75) is 13.5 Å². The molecule has 1 aliphatic heterocycles. The average Bonchev–Trinajstić information content (AvgIpc) is 3.01. The zero-order valence-corrected chi connectivity index (χ0v) is 15.6. The molecular weight excluding hydrogens is 342 g/mol. The van der Waals surface area contributed by atoms with Gasteiger partial charge in [0.25, 0.3) is 0 Å². The fourth-order valence-corrected chi connectivity index (χ4v) is 3.74. The van der Waals surface area contributed by atoms with Crippen LogP contribution in [0.15, 0.2) is 34.8 Å². The van der Waals surface area contributed by atoms with Gasteiger partial charge in [0.15, 0.2) is 5.96 Å². The van der Waals surface area contributed by atoms with E-state index < -0.39 is 0 Å². The molecule has 1 saturated heterocycles. The number of aryl methyl sites for hydroxylation is 1. The molecule has 0 saturated carbocycles. The van der Waals surface area contributed by atoms with Gasteiger partial charge in [0, 0.05) is 48.8 Å². The second-order valence-electron chi connectivity index (χ2n) is 5.72. The third-order valence-electron chi connectivity index (χ3n) is 4.22. The first kappa shape index (κ1) is 17.0. The Hall–Kier alpha value is -1.79. The van der Waals surface area contributed by atoms with E-state index in [-0.39, 0.29) is 0 Å². The molecule has 1 aromatic carbocycles. The van der Waals surface area contributed by atoms with E-state index in [4.69, 9.17) is 11.6 Å². The van der Waals surface area contributed by atoms with E-state index in [0.717, 1.165) is 49.4 Å². The van der Waals surface area contributed by atoms with E-state index in [1.807, 2.05) is 37.7 Å². The number of piperazine rings is 1. The highest BCUT2D eigenvalue weighted by atomic mass is 35.5. The van der Waals surface area contributed by atoms with E-state index in [9.17, 15) is 0 Å². The Balaban J connectivity index is 1.55. The summed E-state index contributed by atoms with van der Waals surface area (Å²) in [5.74, 6) is 0.952. The van der Waals surface area contributed by atoms with Crippen LogP contribution in [0.1, 0.15) is 10.6 Å². The maximum absolute atomic E-state index is 6.10. The predicted octanol–water partition coefficient (Wildman–Crippen LogP) is 3.00. The number of nitrogens with zero attached hydrogens (tertiary/aromatic N) is 4. The molecule has 1 aliphatic rings. The van der Waals surface area contributed by atoms with Crippen molar-refractivity contribution in [3.05, 3.63) is 45.4 Å². The summed E-state index contributed by atoms with van der Waals surface area (Å²) >= 11 is 7.78. The van der Waals surface area contributed by atoms with Crippen LogP contribution in [0.3, 0.4) is 0 Å². The molecule has 1 N–H and O–H groups in total. The SMILES string of the molecule is CN=C(NCc1scnc1C)N1CCN(c2cccc(Cl)c2)CC1. The minimum Gasteiger partial charge on any atom is -0.368 e. The summed E-state index contributed by atoms with van der Waals surface area (Å²) in [6.45, 7) is 6.61. The highest BCUT2D eigenvalue weighted by Gasteiger charge is 2.20. The van der Waals surface area contributed by atoms with Gasteiger partial charge in [0.2, 0.25) is 0 Å². The highest BCUT2D eigenvalue weighted by Crippen LogP contribution is 2.21. The van der Waals surface area contributed by atoms with Crippen LogP contribution in [0.2, 0.25) is 5.02 Å². The summed E-state index contributed by atoms with van der Waals surface area (Å²) in [5.41, 5.74) is 4.16. The quantitative estimate of drug-likeness (QED) is 0.672. The van der Waals surface area contributed by atoms with Crippen molar-refractivity contribution in [2.75, 3.05) is 38.1 Å².